The van der Waals surface area contributed by atoms with Gasteiger partial charge in [0, 0.05) is 30.0 Å². The molecule has 0 aliphatic heterocycles. The summed E-state index contributed by atoms with van der Waals surface area (Å²) in [5, 5.41) is 3.13. The van der Waals surface area contributed by atoms with Crippen LogP contribution in [0.1, 0.15) is 25.1 Å². The summed E-state index contributed by atoms with van der Waals surface area (Å²) >= 11 is 0. The van der Waals surface area contributed by atoms with E-state index in [1.807, 2.05) is 6.92 Å². The second kappa shape index (κ2) is 4.18. The molecule has 72 valence electrons. The monoisotopic (exact) mass is 180 g/mol. The number of rotatable bonds is 3. The van der Waals surface area contributed by atoms with Crippen molar-refractivity contribution in [3.05, 3.63) is 17.5 Å². The van der Waals surface area contributed by atoms with Crippen molar-refractivity contribution in [1.29, 1.82) is 0 Å². The van der Waals surface area contributed by atoms with Gasteiger partial charge in [0.1, 0.15) is 0 Å². The zero-order valence-electron chi connectivity index (χ0n) is 8.33. The Balaban J connectivity index is 2.83. The fourth-order valence-electron chi connectivity index (χ4n) is 1.02. The van der Waals surface area contributed by atoms with Crippen LogP contribution in [0.2, 0.25) is 0 Å². The van der Waals surface area contributed by atoms with Crippen LogP contribution in [0.5, 0.6) is 0 Å². The number of nitrogens with one attached hydrogen (secondary N) is 1. The summed E-state index contributed by atoms with van der Waals surface area (Å²) in [7, 11) is 0. The summed E-state index contributed by atoms with van der Waals surface area (Å²) in [5.74, 6) is 0.671. The van der Waals surface area contributed by atoms with Crippen molar-refractivity contribution in [2.45, 2.75) is 33.4 Å². The van der Waals surface area contributed by atoms with Gasteiger partial charge in [-0.2, -0.15) is 0 Å². The molecular formula is C9H16N4. The third-order valence-electron chi connectivity index (χ3n) is 1.72. The largest absolute Gasteiger partial charge is 0.352 e. The second-order valence-corrected chi connectivity index (χ2v) is 3.31. The fourth-order valence-corrected chi connectivity index (χ4v) is 1.02. The van der Waals surface area contributed by atoms with Crippen LogP contribution in [-0.4, -0.2) is 16.0 Å². The van der Waals surface area contributed by atoms with Crippen LogP contribution in [0, 0.1) is 6.92 Å². The van der Waals surface area contributed by atoms with E-state index in [4.69, 9.17) is 5.73 Å². The van der Waals surface area contributed by atoms with Crippen molar-refractivity contribution in [3.63, 3.8) is 0 Å². The number of nitrogens with zero attached hydrogens (tertiary/aromatic N) is 2. The quantitative estimate of drug-likeness (QED) is 0.730. The molecule has 4 heteroatoms. The van der Waals surface area contributed by atoms with Gasteiger partial charge in [0.15, 0.2) is 0 Å². The van der Waals surface area contributed by atoms with Crippen LogP contribution in [0.3, 0.4) is 0 Å². The number of nitrogens with two attached hydrogens (primary N) is 1. The van der Waals surface area contributed by atoms with E-state index in [1.54, 1.807) is 6.20 Å². The van der Waals surface area contributed by atoms with Crippen LogP contribution in [-0.2, 0) is 6.54 Å². The topological polar surface area (TPSA) is 63.8 Å². The van der Waals surface area contributed by atoms with Crippen molar-refractivity contribution < 1.29 is 0 Å². The maximum Gasteiger partial charge on any atom is 0.223 e. The molecule has 0 amide bonds. The van der Waals surface area contributed by atoms with E-state index in [0.717, 1.165) is 11.3 Å². The van der Waals surface area contributed by atoms with Crippen molar-refractivity contribution in [3.8, 4) is 0 Å². The normalized spacial score (nSPS) is 10.5. The average molecular weight is 180 g/mol. The molecule has 3 N–H and O–H groups in total. The Morgan fingerprint density at radius 1 is 1.54 bits per heavy atom. The Bertz CT molecular complexity index is 283. The molecule has 1 rings (SSSR count). The van der Waals surface area contributed by atoms with Crippen molar-refractivity contribution in [2.24, 2.45) is 5.73 Å². The summed E-state index contributed by atoms with van der Waals surface area (Å²) in [6.07, 6.45) is 1.77. The molecule has 0 atom stereocenters. The van der Waals surface area contributed by atoms with Crippen LogP contribution >= 0.6 is 0 Å². The van der Waals surface area contributed by atoms with Gasteiger partial charge in [0.25, 0.3) is 0 Å². The van der Waals surface area contributed by atoms with Crippen LogP contribution in [0.25, 0.3) is 0 Å². The summed E-state index contributed by atoms with van der Waals surface area (Å²) < 4.78 is 0. The fraction of sp³-hybridized carbons (Fsp3) is 0.556. The molecule has 0 saturated heterocycles. The molecule has 0 aliphatic rings. The molecule has 4 nitrogen and oxygen atoms in total. The van der Waals surface area contributed by atoms with Gasteiger partial charge < -0.3 is 11.1 Å². The maximum atomic E-state index is 5.50. The molecule has 0 saturated carbocycles. The molecule has 0 unspecified atom stereocenters. The van der Waals surface area contributed by atoms with E-state index >= 15 is 0 Å². The first-order chi connectivity index (χ1) is 6.13. The average Bonchev–Trinajstić information content (AvgIpc) is 2.03. The zero-order valence-corrected chi connectivity index (χ0v) is 8.33. The number of anilines is 1. The van der Waals surface area contributed by atoms with Gasteiger partial charge in [0.2, 0.25) is 5.95 Å². The van der Waals surface area contributed by atoms with Gasteiger partial charge in [-0.3, -0.25) is 0 Å². The lowest BCUT2D eigenvalue weighted by Crippen LogP contribution is -2.14. The first-order valence-electron chi connectivity index (χ1n) is 4.42. The molecule has 0 fully saturated rings. The molecule has 1 aromatic heterocycles. The van der Waals surface area contributed by atoms with Crippen LogP contribution in [0.4, 0.5) is 5.95 Å². The minimum Gasteiger partial charge on any atom is -0.352 e. The highest BCUT2D eigenvalue weighted by molar-refractivity contribution is 5.29. The summed E-state index contributed by atoms with van der Waals surface area (Å²) in [5.41, 5.74) is 7.44. The molecule has 0 aliphatic carbocycles. The first-order valence-corrected chi connectivity index (χ1v) is 4.42. The molecular weight excluding hydrogens is 164 g/mol. The van der Waals surface area contributed by atoms with Gasteiger partial charge in [-0.15, -0.1) is 0 Å². The number of aromatic nitrogens is 2. The first kappa shape index (κ1) is 9.92. The molecule has 0 aromatic carbocycles. The predicted molar refractivity (Wildman–Crippen MR) is 53.4 cm³/mol. The Labute approximate surface area is 78.6 Å². The third kappa shape index (κ3) is 2.66. The number of hydrogen-bond donors (Lipinski definition) is 2. The summed E-state index contributed by atoms with van der Waals surface area (Å²) in [4.78, 5) is 8.43. The Kier molecular flexibility index (Phi) is 3.19. The SMILES string of the molecule is Cc1nc(NC(C)C)ncc1CN. The van der Waals surface area contributed by atoms with Gasteiger partial charge in [-0.05, 0) is 20.8 Å². The van der Waals surface area contributed by atoms with Crippen molar-refractivity contribution in [2.75, 3.05) is 5.32 Å². The van der Waals surface area contributed by atoms with Gasteiger partial charge in [-0.1, -0.05) is 0 Å². The highest BCUT2D eigenvalue weighted by atomic mass is 15.1. The summed E-state index contributed by atoms with van der Waals surface area (Å²) in [6.45, 7) is 6.54. The molecule has 13 heavy (non-hydrogen) atoms. The minimum atomic E-state index is 0.350. The Morgan fingerprint density at radius 3 is 2.69 bits per heavy atom. The molecule has 0 bridgehead atoms. The van der Waals surface area contributed by atoms with Crippen molar-refractivity contribution >= 4 is 5.95 Å². The molecule has 1 aromatic rings. The van der Waals surface area contributed by atoms with E-state index in [0.29, 0.717) is 18.5 Å². The molecule has 1 heterocycles. The predicted octanol–water partition coefficient (Wildman–Crippen LogP) is 1.06. The maximum absolute atomic E-state index is 5.50. The Hall–Kier alpha value is -1.16. The zero-order chi connectivity index (χ0) is 9.84. The summed E-state index contributed by atoms with van der Waals surface area (Å²) in [6, 6.07) is 0.350. The van der Waals surface area contributed by atoms with E-state index in [2.05, 4.69) is 29.1 Å². The third-order valence-corrected chi connectivity index (χ3v) is 1.72. The highest BCUT2D eigenvalue weighted by Crippen LogP contribution is 2.06. The number of hydrogen-bond acceptors (Lipinski definition) is 4. The lowest BCUT2D eigenvalue weighted by molar-refractivity contribution is 0.862. The van der Waals surface area contributed by atoms with E-state index < -0.39 is 0 Å². The van der Waals surface area contributed by atoms with Crippen LogP contribution < -0.4 is 11.1 Å². The van der Waals surface area contributed by atoms with Gasteiger partial charge in [-0.25, -0.2) is 9.97 Å². The van der Waals surface area contributed by atoms with Gasteiger partial charge >= 0.3 is 0 Å². The molecule has 0 radical (unpaired) electrons. The van der Waals surface area contributed by atoms with Crippen LogP contribution in [0.15, 0.2) is 6.20 Å². The lowest BCUT2D eigenvalue weighted by Gasteiger charge is -2.09. The van der Waals surface area contributed by atoms with E-state index in [-0.39, 0.29) is 0 Å². The highest BCUT2D eigenvalue weighted by Gasteiger charge is 2.02. The Morgan fingerprint density at radius 2 is 2.23 bits per heavy atom. The lowest BCUT2D eigenvalue weighted by atomic mass is 10.2. The molecule has 0 spiro atoms. The van der Waals surface area contributed by atoms with E-state index in [1.165, 1.54) is 0 Å². The second-order valence-electron chi connectivity index (χ2n) is 3.31. The van der Waals surface area contributed by atoms with E-state index in [9.17, 15) is 0 Å². The number of aryl methyl sites for hydroxylation is 1. The smallest absolute Gasteiger partial charge is 0.223 e. The van der Waals surface area contributed by atoms with Crippen molar-refractivity contribution in [1.82, 2.24) is 9.97 Å². The standard InChI is InChI=1S/C9H16N4/c1-6(2)12-9-11-5-8(4-10)7(3)13-9/h5-6H,4,10H2,1-3H3,(H,11,12,13). The van der Waals surface area contributed by atoms with Gasteiger partial charge in [0.05, 0.1) is 0 Å². The minimum absolute atomic E-state index is 0.350.